The number of hydrogen-bond acceptors (Lipinski definition) is 4. The van der Waals surface area contributed by atoms with Gasteiger partial charge in [-0.1, -0.05) is 36.4 Å². The van der Waals surface area contributed by atoms with E-state index in [9.17, 15) is 9.59 Å². The second-order valence-electron chi connectivity index (χ2n) is 4.89. The minimum absolute atomic E-state index is 0.223. The number of carbonyl (C=O) groups is 2. The molecular formula is C18H16N2O3. The molecule has 2 rings (SSSR count). The quantitative estimate of drug-likeness (QED) is 0.832. The van der Waals surface area contributed by atoms with Crippen molar-refractivity contribution in [1.29, 1.82) is 5.26 Å². The van der Waals surface area contributed by atoms with Crippen molar-refractivity contribution >= 4 is 17.6 Å². The highest BCUT2D eigenvalue weighted by molar-refractivity contribution is 5.92. The molecule has 0 aliphatic heterocycles. The van der Waals surface area contributed by atoms with Gasteiger partial charge in [0.1, 0.15) is 0 Å². The topological polar surface area (TPSA) is 79.2 Å². The van der Waals surface area contributed by atoms with Gasteiger partial charge in [-0.3, -0.25) is 9.59 Å². The van der Waals surface area contributed by atoms with Crippen LogP contribution in [0.5, 0.6) is 0 Å². The molecule has 5 heteroatoms. The first-order valence-electron chi connectivity index (χ1n) is 7.17. The van der Waals surface area contributed by atoms with Gasteiger partial charge in [0.15, 0.2) is 6.61 Å². The lowest BCUT2D eigenvalue weighted by Crippen LogP contribution is -2.21. The molecule has 2 aromatic carbocycles. The summed E-state index contributed by atoms with van der Waals surface area (Å²) in [6, 6.07) is 18.1. The lowest BCUT2D eigenvalue weighted by Gasteiger charge is -2.07. The number of nitrogens with zero attached hydrogens (tertiary/aromatic N) is 1. The monoisotopic (exact) mass is 308 g/mol. The molecule has 0 aliphatic rings. The van der Waals surface area contributed by atoms with E-state index in [-0.39, 0.29) is 13.0 Å². The van der Waals surface area contributed by atoms with Gasteiger partial charge in [0, 0.05) is 12.1 Å². The number of esters is 1. The molecule has 1 amide bonds. The van der Waals surface area contributed by atoms with Crippen molar-refractivity contribution in [3.8, 4) is 6.07 Å². The smallest absolute Gasteiger partial charge is 0.306 e. The molecule has 0 atom stereocenters. The van der Waals surface area contributed by atoms with Crippen molar-refractivity contribution in [2.75, 3.05) is 11.9 Å². The fourth-order valence-electron chi connectivity index (χ4n) is 1.97. The van der Waals surface area contributed by atoms with E-state index in [4.69, 9.17) is 10.00 Å². The number of ether oxygens (including phenoxy) is 1. The summed E-state index contributed by atoms with van der Waals surface area (Å²) < 4.78 is 4.94. The summed E-state index contributed by atoms with van der Waals surface area (Å²) >= 11 is 0. The number of aryl methyl sites for hydroxylation is 1. The predicted molar refractivity (Wildman–Crippen MR) is 85.5 cm³/mol. The molecular weight excluding hydrogens is 292 g/mol. The molecule has 0 bridgehead atoms. The van der Waals surface area contributed by atoms with Crippen LogP contribution in [0.15, 0.2) is 54.6 Å². The van der Waals surface area contributed by atoms with Crippen LogP contribution in [0.4, 0.5) is 5.69 Å². The molecule has 0 aromatic heterocycles. The number of anilines is 1. The van der Waals surface area contributed by atoms with Crippen molar-refractivity contribution in [3.05, 3.63) is 65.7 Å². The molecule has 23 heavy (non-hydrogen) atoms. The maximum absolute atomic E-state index is 11.7. The minimum atomic E-state index is -0.437. The summed E-state index contributed by atoms with van der Waals surface area (Å²) in [4.78, 5) is 23.3. The fraction of sp³-hybridized carbons (Fsp3) is 0.167. The summed E-state index contributed by atoms with van der Waals surface area (Å²) in [5.41, 5.74) is 1.99. The SMILES string of the molecule is N#Cc1cccc(NC(=O)COC(=O)CCc2ccccc2)c1. The van der Waals surface area contributed by atoms with Gasteiger partial charge in [0.05, 0.1) is 11.6 Å². The summed E-state index contributed by atoms with van der Waals surface area (Å²) in [7, 11) is 0. The van der Waals surface area contributed by atoms with Gasteiger partial charge >= 0.3 is 5.97 Å². The highest BCUT2D eigenvalue weighted by atomic mass is 16.5. The van der Waals surface area contributed by atoms with E-state index in [0.29, 0.717) is 17.7 Å². The first-order chi connectivity index (χ1) is 11.2. The molecule has 0 saturated heterocycles. The van der Waals surface area contributed by atoms with E-state index in [1.807, 2.05) is 36.4 Å². The van der Waals surface area contributed by atoms with E-state index >= 15 is 0 Å². The highest BCUT2D eigenvalue weighted by Crippen LogP contribution is 2.09. The molecule has 1 N–H and O–H groups in total. The zero-order chi connectivity index (χ0) is 16.5. The molecule has 0 saturated carbocycles. The Kier molecular flexibility index (Phi) is 5.89. The number of rotatable bonds is 6. The molecule has 0 spiro atoms. The van der Waals surface area contributed by atoms with E-state index < -0.39 is 11.9 Å². The molecule has 116 valence electrons. The van der Waals surface area contributed by atoms with Crippen molar-refractivity contribution in [1.82, 2.24) is 0 Å². The molecule has 0 aliphatic carbocycles. The lowest BCUT2D eigenvalue weighted by molar-refractivity contribution is -0.147. The van der Waals surface area contributed by atoms with Crippen LogP contribution in [0.1, 0.15) is 17.5 Å². The molecule has 0 fully saturated rings. The first-order valence-corrected chi connectivity index (χ1v) is 7.17. The Bertz CT molecular complexity index is 721. The number of amides is 1. The number of nitrogens with one attached hydrogen (secondary N) is 1. The van der Waals surface area contributed by atoms with E-state index in [0.717, 1.165) is 5.56 Å². The normalized spacial score (nSPS) is 9.70. The van der Waals surface area contributed by atoms with Crippen molar-refractivity contribution in [2.24, 2.45) is 0 Å². The van der Waals surface area contributed by atoms with Gasteiger partial charge in [0.2, 0.25) is 0 Å². The highest BCUT2D eigenvalue weighted by Gasteiger charge is 2.08. The Morgan fingerprint density at radius 3 is 2.61 bits per heavy atom. The van der Waals surface area contributed by atoms with Crippen LogP contribution < -0.4 is 5.32 Å². The molecule has 2 aromatic rings. The van der Waals surface area contributed by atoms with Crippen LogP contribution in [-0.2, 0) is 20.7 Å². The van der Waals surface area contributed by atoms with Crippen molar-refractivity contribution in [3.63, 3.8) is 0 Å². The summed E-state index contributed by atoms with van der Waals surface area (Å²) in [5.74, 6) is -0.858. The average Bonchev–Trinajstić information content (AvgIpc) is 2.59. The number of carbonyl (C=O) groups excluding carboxylic acids is 2. The van der Waals surface area contributed by atoms with Gasteiger partial charge in [-0.25, -0.2) is 0 Å². The summed E-state index contributed by atoms with van der Waals surface area (Å²) in [5, 5.41) is 11.4. The maximum atomic E-state index is 11.7. The maximum Gasteiger partial charge on any atom is 0.306 e. The Morgan fingerprint density at radius 2 is 1.87 bits per heavy atom. The standard InChI is InChI=1S/C18H16N2O3/c19-12-15-7-4-8-16(11-15)20-17(21)13-23-18(22)10-9-14-5-2-1-3-6-14/h1-8,11H,9-10,13H2,(H,20,21). The Labute approximate surface area is 134 Å². The fourth-order valence-corrected chi connectivity index (χ4v) is 1.97. The van der Waals surface area contributed by atoms with Crippen molar-refractivity contribution < 1.29 is 14.3 Å². The van der Waals surface area contributed by atoms with E-state index in [1.165, 1.54) is 0 Å². The van der Waals surface area contributed by atoms with Crippen LogP contribution in [-0.4, -0.2) is 18.5 Å². The van der Waals surface area contributed by atoms with Gasteiger partial charge < -0.3 is 10.1 Å². The van der Waals surface area contributed by atoms with Crippen molar-refractivity contribution in [2.45, 2.75) is 12.8 Å². The molecule has 0 radical (unpaired) electrons. The van der Waals surface area contributed by atoms with Gasteiger partial charge in [-0.05, 0) is 30.2 Å². The summed E-state index contributed by atoms with van der Waals surface area (Å²) in [6.07, 6.45) is 0.798. The molecule has 0 heterocycles. The van der Waals surface area contributed by atoms with Crippen LogP contribution in [0.25, 0.3) is 0 Å². The van der Waals surface area contributed by atoms with E-state index in [2.05, 4.69) is 5.32 Å². The number of hydrogen-bond donors (Lipinski definition) is 1. The predicted octanol–water partition coefficient (Wildman–Crippen LogP) is 2.67. The minimum Gasteiger partial charge on any atom is -0.456 e. The third kappa shape index (κ3) is 5.64. The van der Waals surface area contributed by atoms with Gasteiger partial charge in [-0.2, -0.15) is 5.26 Å². The van der Waals surface area contributed by atoms with E-state index in [1.54, 1.807) is 24.3 Å². The van der Waals surface area contributed by atoms with Crippen LogP contribution in [0.3, 0.4) is 0 Å². The summed E-state index contributed by atoms with van der Waals surface area (Å²) in [6.45, 7) is -0.343. The Balaban J connectivity index is 1.73. The lowest BCUT2D eigenvalue weighted by atomic mass is 10.1. The first kappa shape index (κ1) is 16.2. The molecule has 5 nitrogen and oxygen atoms in total. The Hall–Kier alpha value is -3.13. The third-order valence-corrected chi connectivity index (χ3v) is 3.10. The zero-order valence-electron chi connectivity index (χ0n) is 12.5. The third-order valence-electron chi connectivity index (χ3n) is 3.10. The zero-order valence-corrected chi connectivity index (χ0v) is 12.5. The van der Waals surface area contributed by atoms with Crippen LogP contribution in [0.2, 0.25) is 0 Å². The van der Waals surface area contributed by atoms with Gasteiger partial charge in [-0.15, -0.1) is 0 Å². The number of nitriles is 1. The largest absolute Gasteiger partial charge is 0.456 e. The second-order valence-corrected chi connectivity index (χ2v) is 4.89. The molecule has 0 unspecified atom stereocenters. The van der Waals surface area contributed by atoms with Crippen LogP contribution in [0, 0.1) is 11.3 Å². The Morgan fingerprint density at radius 1 is 1.09 bits per heavy atom. The average molecular weight is 308 g/mol. The number of benzene rings is 2. The van der Waals surface area contributed by atoms with Crippen LogP contribution >= 0.6 is 0 Å². The second kappa shape index (κ2) is 8.35. The van der Waals surface area contributed by atoms with Gasteiger partial charge in [0.25, 0.3) is 5.91 Å².